The Morgan fingerprint density at radius 3 is 2.63 bits per heavy atom. The molecule has 1 aromatic heterocycles. The average Bonchev–Trinajstić information content (AvgIpc) is 3.28. The summed E-state index contributed by atoms with van der Waals surface area (Å²) in [7, 11) is -4.43. The number of aryl methyl sites for hydroxylation is 1. The quantitative estimate of drug-likeness (QED) is 0.377. The van der Waals surface area contributed by atoms with Crippen molar-refractivity contribution in [1.82, 2.24) is 15.1 Å². The fraction of sp³-hybridized carbons (Fsp3) is 0.593. The van der Waals surface area contributed by atoms with Crippen molar-refractivity contribution in [2.24, 2.45) is 0 Å². The summed E-state index contributed by atoms with van der Waals surface area (Å²) in [5.74, 6) is -1.56. The summed E-state index contributed by atoms with van der Waals surface area (Å²) < 4.78 is 87.5. The zero-order chi connectivity index (χ0) is 31.7. The summed E-state index contributed by atoms with van der Waals surface area (Å²) in [6.07, 6.45) is -5.15. The zero-order valence-corrected chi connectivity index (χ0v) is 25.0. The van der Waals surface area contributed by atoms with E-state index in [4.69, 9.17) is 9.47 Å². The molecule has 0 saturated carbocycles. The Hall–Kier alpha value is -3.53. The van der Waals surface area contributed by atoms with Crippen LogP contribution < -0.4 is 19.1 Å². The van der Waals surface area contributed by atoms with Gasteiger partial charge in [0.05, 0.1) is 37.0 Å². The molecule has 4 rings (SSSR count). The van der Waals surface area contributed by atoms with Gasteiger partial charge in [0.15, 0.2) is 4.90 Å². The average molecular weight is 633 g/mol. The summed E-state index contributed by atoms with van der Waals surface area (Å²) in [4.78, 5) is 23.9. The van der Waals surface area contributed by atoms with Crippen LogP contribution in [0.15, 0.2) is 23.1 Å². The molecule has 2 N–H and O–H groups in total. The maximum atomic E-state index is 14.4. The molecular weight excluding hydrogens is 597 g/mol. The number of nitrogens with zero attached hydrogens (tertiary/aromatic N) is 3. The summed E-state index contributed by atoms with van der Waals surface area (Å²) in [5, 5.41) is 16.8. The molecule has 0 spiro atoms. The van der Waals surface area contributed by atoms with Crippen molar-refractivity contribution in [1.29, 1.82) is 0 Å². The second-order valence-electron chi connectivity index (χ2n) is 11.1. The topological polar surface area (TPSA) is 149 Å². The Bertz CT molecular complexity index is 1470. The molecule has 16 heteroatoms. The van der Waals surface area contributed by atoms with Crippen LogP contribution in [0.4, 0.5) is 18.9 Å². The van der Waals surface area contributed by atoms with Gasteiger partial charge in [-0.2, -0.15) is 13.2 Å². The van der Waals surface area contributed by atoms with E-state index in [0.29, 0.717) is 18.7 Å². The highest BCUT2D eigenvalue weighted by atomic mass is 32.2. The first kappa shape index (κ1) is 32.4. The number of ether oxygens (including phenoxy) is 3. The molecule has 238 valence electrons. The van der Waals surface area contributed by atoms with Crippen LogP contribution >= 0.6 is 0 Å². The third kappa shape index (κ3) is 7.17. The van der Waals surface area contributed by atoms with Crippen LogP contribution in [0.25, 0.3) is 0 Å². The van der Waals surface area contributed by atoms with Gasteiger partial charge in [-0.3, -0.25) is 18.6 Å². The van der Waals surface area contributed by atoms with Crippen molar-refractivity contribution in [2.45, 2.75) is 88.8 Å². The highest BCUT2D eigenvalue weighted by Crippen LogP contribution is 2.41. The number of hydrogen-bond acceptors (Lipinski definition) is 9. The number of rotatable bonds is 10. The van der Waals surface area contributed by atoms with Crippen molar-refractivity contribution >= 4 is 27.6 Å². The van der Waals surface area contributed by atoms with Gasteiger partial charge in [-0.05, 0) is 57.7 Å². The number of carbonyl (C=O) groups is 2. The predicted molar refractivity (Wildman–Crippen MR) is 146 cm³/mol. The Kier molecular flexibility index (Phi) is 9.21. The molecule has 2 aliphatic rings. The Morgan fingerprint density at radius 1 is 1.26 bits per heavy atom. The third-order valence-electron chi connectivity index (χ3n) is 6.96. The number of anilines is 1. The molecule has 0 radical (unpaired) electrons. The van der Waals surface area contributed by atoms with Gasteiger partial charge in [0, 0.05) is 13.5 Å². The third-order valence-corrected chi connectivity index (χ3v) is 8.81. The normalized spacial score (nSPS) is 17.8. The van der Waals surface area contributed by atoms with E-state index in [0.717, 1.165) is 31.0 Å². The van der Waals surface area contributed by atoms with Gasteiger partial charge in [-0.15, -0.1) is 5.10 Å². The molecule has 3 heterocycles. The number of fused-ring (bicyclic) bond motifs is 2. The molecule has 1 aromatic carbocycles. The Balaban J connectivity index is 1.74. The number of aliphatic hydroxyl groups excluding tert-OH is 1. The van der Waals surface area contributed by atoms with E-state index >= 15 is 0 Å². The SMILES string of the molecule is CC(=O)NC[C@H]1CN(S(=O)(=O)c2c(OC[C@H](C)O)nn3c2CCCC3)c2cc(CC(=O)OC(C)(C)C(F)(F)F)ccc2O1. The Labute approximate surface area is 247 Å². The number of amides is 1. The van der Waals surface area contributed by atoms with Gasteiger partial charge in [-0.25, -0.2) is 8.42 Å². The number of sulfonamides is 1. The van der Waals surface area contributed by atoms with Crippen molar-refractivity contribution in [3.63, 3.8) is 0 Å². The molecule has 0 fully saturated rings. The monoisotopic (exact) mass is 632 g/mol. The minimum atomic E-state index is -4.79. The summed E-state index contributed by atoms with van der Waals surface area (Å²) in [6, 6.07) is 4.18. The first-order valence-electron chi connectivity index (χ1n) is 13.8. The van der Waals surface area contributed by atoms with Crippen molar-refractivity contribution < 1.29 is 50.5 Å². The van der Waals surface area contributed by atoms with E-state index in [9.17, 15) is 36.3 Å². The largest absolute Gasteiger partial charge is 0.484 e. The van der Waals surface area contributed by atoms with E-state index in [1.807, 2.05) is 0 Å². The van der Waals surface area contributed by atoms with E-state index < -0.39 is 46.4 Å². The number of alkyl halides is 3. The number of aliphatic hydroxyl groups is 1. The molecular formula is C27H35F3N4O8S. The van der Waals surface area contributed by atoms with Gasteiger partial charge in [0.1, 0.15) is 18.5 Å². The lowest BCUT2D eigenvalue weighted by Gasteiger charge is -2.36. The number of benzene rings is 1. The van der Waals surface area contributed by atoms with Crippen LogP contribution in [-0.2, 0) is 43.7 Å². The number of nitrogens with one attached hydrogen (secondary N) is 1. The highest BCUT2D eigenvalue weighted by Gasteiger charge is 2.50. The lowest BCUT2D eigenvalue weighted by atomic mass is 10.1. The fourth-order valence-corrected chi connectivity index (χ4v) is 6.52. The molecule has 43 heavy (non-hydrogen) atoms. The fourth-order valence-electron chi connectivity index (χ4n) is 4.71. The van der Waals surface area contributed by atoms with Crippen LogP contribution in [-0.4, -0.2) is 78.9 Å². The van der Waals surface area contributed by atoms with Crippen molar-refractivity contribution in [3.05, 3.63) is 29.5 Å². The van der Waals surface area contributed by atoms with Crippen LogP contribution in [0.1, 0.15) is 51.8 Å². The van der Waals surface area contributed by atoms with E-state index in [1.54, 1.807) is 4.68 Å². The minimum absolute atomic E-state index is 0.0150. The molecule has 0 aliphatic carbocycles. The van der Waals surface area contributed by atoms with Gasteiger partial charge in [0.25, 0.3) is 15.9 Å². The first-order chi connectivity index (χ1) is 20.0. The van der Waals surface area contributed by atoms with Crippen LogP contribution in [0.5, 0.6) is 11.6 Å². The number of halogens is 3. The molecule has 2 aliphatic heterocycles. The summed E-state index contributed by atoms with van der Waals surface area (Å²) >= 11 is 0. The standard InChI is InChI=1S/C27H35F3N4O8S/c1-16(35)15-40-25-24(20-7-5-6-10-33(20)32-25)43(38,39)34-14-19(13-31-17(2)36)41-22-9-8-18(11-21(22)34)12-23(37)42-26(3,4)27(28,29)30/h8-9,11,16,19,35H,5-7,10,12-15H2,1-4H3,(H,31,36)/t16-,19-/m0/s1. The Morgan fingerprint density at radius 2 is 1.98 bits per heavy atom. The molecule has 0 unspecified atom stereocenters. The second-order valence-corrected chi connectivity index (χ2v) is 12.9. The molecule has 2 aromatic rings. The number of aromatic nitrogens is 2. The second kappa shape index (κ2) is 12.2. The van der Waals surface area contributed by atoms with E-state index in [1.165, 1.54) is 32.0 Å². The van der Waals surface area contributed by atoms with Crippen LogP contribution in [0, 0.1) is 0 Å². The molecule has 0 bridgehead atoms. The summed E-state index contributed by atoms with van der Waals surface area (Å²) in [5.41, 5.74) is -2.06. The first-order valence-corrected chi connectivity index (χ1v) is 15.2. The minimum Gasteiger partial charge on any atom is -0.484 e. The zero-order valence-electron chi connectivity index (χ0n) is 24.2. The predicted octanol–water partition coefficient (Wildman–Crippen LogP) is 2.50. The number of esters is 1. The van der Waals surface area contributed by atoms with Gasteiger partial charge >= 0.3 is 12.1 Å². The maximum absolute atomic E-state index is 14.4. The lowest BCUT2D eigenvalue weighted by molar-refractivity contribution is -0.257. The molecule has 0 saturated heterocycles. The van der Waals surface area contributed by atoms with Gasteiger partial charge in [-0.1, -0.05) is 6.07 Å². The smallest absolute Gasteiger partial charge is 0.427 e. The molecule has 2 atom stereocenters. The van der Waals surface area contributed by atoms with E-state index in [-0.39, 0.29) is 53.4 Å². The molecule has 12 nitrogen and oxygen atoms in total. The van der Waals surface area contributed by atoms with Gasteiger partial charge < -0.3 is 24.6 Å². The summed E-state index contributed by atoms with van der Waals surface area (Å²) in [6.45, 7) is 4.27. The van der Waals surface area contributed by atoms with Crippen molar-refractivity contribution in [2.75, 3.05) is 24.0 Å². The van der Waals surface area contributed by atoms with Crippen LogP contribution in [0.3, 0.4) is 0 Å². The van der Waals surface area contributed by atoms with Gasteiger partial charge in [0.2, 0.25) is 11.5 Å². The molecule has 1 amide bonds. The van der Waals surface area contributed by atoms with Crippen LogP contribution in [0.2, 0.25) is 0 Å². The number of carbonyl (C=O) groups excluding carboxylic acids is 2. The highest BCUT2D eigenvalue weighted by molar-refractivity contribution is 7.93. The number of hydrogen-bond donors (Lipinski definition) is 2. The lowest BCUT2D eigenvalue weighted by Crippen LogP contribution is -2.48. The maximum Gasteiger partial charge on any atom is 0.427 e. The van der Waals surface area contributed by atoms with Crippen molar-refractivity contribution in [3.8, 4) is 11.6 Å². The van der Waals surface area contributed by atoms with E-state index in [2.05, 4.69) is 15.2 Å².